The van der Waals surface area contributed by atoms with Gasteiger partial charge in [0.2, 0.25) is 5.88 Å². The SMILES string of the molecule is Cc1cc(C)cc(-n2c(O)c(C=Nc3cccc(-c4ccc(F)c(C(=O)O)c4)c3O)c3ccc(C(F)(F)F)cc32)c1. The lowest BCUT2D eigenvalue weighted by atomic mass is 10.0. The molecule has 0 aliphatic rings. The van der Waals surface area contributed by atoms with Crippen LogP contribution in [0.2, 0.25) is 0 Å². The standard InChI is InChI=1S/C31H22F4N2O4/c1-16-10-17(2)12-20(11-16)37-27-14-19(31(33,34)35)7-8-22(27)24(29(37)39)15-36-26-5-3-4-21(28(26)38)18-6-9-25(32)23(13-18)30(40)41/h3-15,38-39H,1-2H3,(H,40,41). The third kappa shape index (κ3) is 5.11. The van der Waals surface area contributed by atoms with Crippen LogP contribution < -0.4 is 0 Å². The molecule has 4 aromatic carbocycles. The second kappa shape index (κ2) is 10.1. The fourth-order valence-corrected chi connectivity index (χ4v) is 4.80. The predicted molar refractivity (Wildman–Crippen MR) is 147 cm³/mol. The van der Waals surface area contributed by atoms with E-state index in [0.29, 0.717) is 11.1 Å². The van der Waals surface area contributed by atoms with Gasteiger partial charge in [0.25, 0.3) is 0 Å². The lowest BCUT2D eigenvalue weighted by Crippen LogP contribution is -2.05. The summed E-state index contributed by atoms with van der Waals surface area (Å²) in [5.74, 6) is -3.10. The number of nitrogens with zero attached hydrogens (tertiary/aromatic N) is 2. The van der Waals surface area contributed by atoms with Crippen molar-refractivity contribution >= 4 is 28.8 Å². The molecule has 6 nitrogen and oxygen atoms in total. The Hall–Kier alpha value is -5.12. The van der Waals surface area contributed by atoms with E-state index in [4.69, 9.17) is 0 Å². The van der Waals surface area contributed by atoms with Crippen LogP contribution in [0.5, 0.6) is 11.6 Å². The molecule has 0 radical (unpaired) electrons. The fraction of sp³-hybridized carbons (Fsp3) is 0.0968. The molecule has 3 N–H and O–H groups in total. The van der Waals surface area contributed by atoms with Crippen molar-refractivity contribution < 1.29 is 37.7 Å². The molecule has 0 saturated heterocycles. The number of phenols is 1. The quantitative estimate of drug-likeness (QED) is 0.150. The average molecular weight is 563 g/mol. The number of aromatic hydroxyl groups is 2. The molecule has 0 aliphatic carbocycles. The van der Waals surface area contributed by atoms with Gasteiger partial charge in [-0.3, -0.25) is 9.56 Å². The molecule has 5 rings (SSSR count). The monoisotopic (exact) mass is 562 g/mol. The Kier molecular flexibility index (Phi) is 6.78. The molecule has 0 saturated carbocycles. The molecular formula is C31H22F4N2O4. The number of aromatic nitrogens is 1. The lowest BCUT2D eigenvalue weighted by molar-refractivity contribution is -0.137. The molecule has 0 spiro atoms. The van der Waals surface area contributed by atoms with Gasteiger partial charge >= 0.3 is 12.1 Å². The summed E-state index contributed by atoms with van der Waals surface area (Å²) in [4.78, 5) is 15.7. The van der Waals surface area contributed by atoms with Crippen LogP contribution in [0.15, 0.2) is 77.8 Å². The van der Waals surface area contributed by atoms with Crippen LogP contribution >= 0.6 is 0 Å². The fourth-order valence-electron chi connectivity index (χ4n) is 4.80. The van der Waals surface area contributed by atoms with Crippen LogP contribution in [0.1, 0.15) is 32.6 Å². The number of halogens is 4. The Bertz CT molecular complexity index is 1850. The first-order chi connectivity index (χ1) is 19.3. The maximum absolute atomic E-state index is 13.9. The zero-order valence-electron chi connectivity index (χ0n) is 21.7. The molecular weight excluding hydrogens is 540 g/mol. The Morgan fingerprint density at radius 1 is 0.927 bits per heavy atom. The number of aryl methyl sites for hydroxylation is 2. The smallest absolute Gasteiger partial charge is 0.416 e. The zero-order valence-corrected chi connectivity index (χ0v) is 21.7. The highest BCUT2D eigenvalue weighted by Gasteiger charge is 2.32. The number of benzene rings is 4. The first-order valence-electron chi connectivity index (χ1n) is 12.3. The van der Waals surface area contributed by atoms with Gasteiger partial charge in [-0.05, 0) is 73.0 Å². The van der Waals surface area contributed by atoms with E-state index in [0.717, 1.165) is 35.4 Å². The first-order valence-corrected chi connectivity index (χ1v) is 12.3. The van der Waals surface area contributed by atoms with Gasteiger partial charge in [0.05, 0.1) is 22.2 Å². The average Bonchev–Trinajstić information content (AvgIpc) is 3.17. The van der Waals surface area contributed by atoms with Crippen LogP contribution in [0.4, 0.5) is 23.2 Å². The first kappa shape index (κ1) is 27.4. The van der Waals surface area contributed by atoms with Crippen LogP contribution in [0.3, 0.4) is 0 Å². The molecule has 1 aromatic heterocycles. The molecule has 0 bridgehead atoms. The Labute approximate surface area is 231 Å². The van der Waals surface area contributed by atoms with E-state index < -0.39 is 29.1 Å². The Balaban J connectivity index is 1.66. The van der Waals surface area contributed by atoms with Crippen molar-refractivity contribution in [3.8, 4) is 28.4 Å². The second-order valence-electron chi connectivity index (χ2n) is 9.58. The molecule has 208 valence electrons. The maximum atomic E-state index is 13.9. The second-order valence-corrected chi connectivity index (χ2v) is 9.58. The minimum absolute atomic E-state index is 0.0299. The third-order valence-corrected chi connectivity index (χ3v) is 6.63. The topological polar surface area (TPSA) is 95.0 Å². The molecule has 0 atom stereocenters. The van der Waals surface area contributed by atoms with E-state index in [1.807, 2.05) is 19.9 Å². The molecule has 0 unspecified atom stereocenters. The lowest BCUT2D eigenvalue weighted by Gasteiger charge is -2.11. The normalized spacial score (nSPS) is 12.0. The molecule has 0 aliphatic heterocycles. The van der Waals surface area contributed by atoms with E-state index >= 15 is 0 Å². The van der Waals surface area contributed by atoms with Gasteiger partial charge in [-0.2, -0.15) is 13.2 Å². The molecule has 1 heterocycles. The van der Waals surface area contributed by atoms with Gasteiger partial charge in [0.15, 0.2) is 0 Å². The van der Waals surface area contributed by atoms with Crippen LogP contribution in [-0.4, -0.2) is 32.1 Å². The summed E-state index contributed by atoms with van der Waals surface area (Å²) in [6.45, 7) is 3.66. The predicted octanol–water partition coefficient (Wildman–Crippen LogP) is 7.93. The number of phenolic OH excluding ortho intramolecular Hbond substituents is 1. The summed E-state index contributed by atoms with van der Waals surface area (Å²) >= 11 is 0. The molecule has 0 fully saturated rings. The van der Waals surface area contributed by atoms with E-state index in [1.165, 1.54) is 35.0 Å². The van der Waals surface area contributed by atoms with Gasteiger partial charge in [-0.25, -0.2) is 9.18 Å². The van der Waals surface area contributed by atoms with Crippen molar-refractivity contribution in [2.24, 2.45) is 4.99 Å². The van der Waals surface area contributed by atoms with Crippen molar-refractivity contribution in [1.29, 1.82) is 0 Å². The highest BCUT2D eigenvalue weighted by molar-refractivity contribution is 6.04. The zero-order chi connectivity index (χ0) is 29.6. The number of aromatic carboxylic acids is 1. The van der Waals surface area contributed by atoms with Crippen molar-refractivity contribution in [1.82, 2.24) is 4.57 Å². The van der Waals surface area contributed by atoms with Crippen molar-refractivity contribution in [2.45, 2.75) is 20.0 Å². The van der Waals surface area contributed by atoms with Gasteiger partial charge in [0, 0.05) is 22.9 Å². The number of fused-ring (bicyclic) bond motifs is 1. The summed E-state index contributed by atoms with van der Waals surface area (Å²) in [7, 11) is 0. The number of hydrogen-bond acceptors (Lipinski definition) is 4. The number of carboxylic acid groups (broad SMARTS) is 1. The van der Waals surface area contributed by atoms with Crippen LogP contribution in [-0.2, 0) is 6.18 Å². The number of aliphatic imine (C=N–C) groups is 1. The van der Waals surface area contributed by atoms with E-state index in [2.05, 4.69) is 4.99 Å². The van der Waals surface area contributed by atoms with Crippen molar-refractivity contribution in [3.05, 3.63) is 106 Å². The third-order valence-electron chi connectivity index (χ3n) is 6.63. The van der Waals surface area contributed by atoms with E-state index in [1.54, 1.807) is 18.2 Å². The molecule has 10 heteroatoms. The Morgan fingerprint density at radius 3 is 2.29 bits per heavy atom. The van der Waals surface area contributed by atoms with Gasteiger partial charge < -0.3 is 15.3 Å². The summed E-state index contributed by atoms with van der Waals surface area (Å²) in [5.41, 5.74) is 1.35. The number of hydrogen-bond donors (Lipinski definition) is 3. The number of carboxylic acids is 1. The van der Waals surface area contributed by atoms with Gasteiger partial charge in [-0.15, -0.1) is 0 Å². The van der Waals surface area contributed by atoms with E-state index in [-0.39, 0.29) is 39.5 Å². The number of para-hydroxylation sites is 1. The number of rotatable bonds is 5. The summed E-state index contributed by atoms with van der Waals surface area (Å²) in [5, 5.41) is 31.7. The molecule has 0 amide bonds. The minimum Gasteiger partial charge on any atom is -0.505 e. The summed E-state index contributed by atoms with van der Waals surface area (Å²) < 4.78 is 56.0. The van der Waals surface area contributed by atoms with Crippen molar-refractivity contribution in [3.63, 3.8) is 0 Å². The summed E-state index contributed by atoms with van der Waals surface area (Å²) in [6.07, 6.45) is -3.38. The summed E-state index contributed by atoms with van der Waals surface area (Å²) in [6, 6.07) is 16.3. The van der Waals surface area contributed by atoms with Gasteiger partial charge in [0.1, 0.15) is 17.3 Å². The Morgan fingerprint density at radius 2 is 1.63 bits per heavy atom. The number of carbonyl (C=O) groups is 1. The van der Waals surface area contributed by atoms with Crippen LogP contribution in [0, 0.1) is 19.7 Å². The largest absolute Gasteiger partial charge is 0.505 e. The number of alkyl halides is 3. The maximum Gasteiger partial charge on any atom is 0.416 e. The minimum atomic E-state index is -4.61. The van der Waals surface area contributed by atoms with E-state index in [9.17, 15) is 37.7 Å². The highest BCUT2D eigenvalue weighted by atomic mass is 19.4. The van der Waals surface area contributed by atoms with Crippen LogP contribution in [0.25, 0.3) is 27.7 Å². The highest BCUT2D eigenvalue weighted by Crippen LogP contribution is 2.40. The molecule has 5 aromatic rings. The van der Waals surface area contributed by atoms with Gasteiger partial charge in [-0.1, -0.05) is 30.3 Å². The molecule has 41 heavy (non-hydrogen) atoms. The van der Waals surface area contributed by atoms with Crippen molar-refractivity contribution in [2.75, 3.05) is 0 Å².